The van der Waals surface area contributed by atoms with Crippen LogP contribution >= 0.6 is 11.6 Å². The largest absolute Gasteiger partial charge is 0.374 e. The fourth-order valence-electron chi connectivity index (χ4n) is 2.12. The van der Waals surface area contributed by atoms with Crippen LogP contribution in [0.2, 0.25) is 5.02 Å². The number of benzene rings is 2. The molecular formula is C17H19ClN2O. The van der Waals surface area contributed by atoms with E-state index in [1.165, 1.54) is 0 Å². The molecule has 1 atom stereocenters. The Kier molecular flexibility index (Phi) is 5.23. The summed E-state index contributed by atoms with van der Waals surface area (Å²) in [4.78, 5) is 14.1. The van der Waals surface area contributed by atoms with Crippen molar-refractivity contribution < 1.29 is 4.79 Å². The van der Waals surface area contributed by atoms with Crippen molar-refractivity contribution in [2.24, 2.45) is 0 Å². The van der Waals surface area contributed by atoms with Gasteiger partial charge in [0.25, 0.3) is 0 Å². The van der Waals surface area contributed by atoms with Gasteiger partial charge >= 0.3 is 0 Å². The molecule has 2 aromatic carbocycles. The first-order chi connectivity index (χ1) is 10.1. The summed E-state index contributed by atoms with van der Waals surface area (Å²) in [6.45, 7) is 2.46. The molecule has 1 N–H and O–H groups in total. The molecular weight excluding hydrogens is 284 g/mol. The minimum absolute atomic E-state index is 0.0498. The van der Waals surface area contributed by atoms with Crippen molar-refractivity contribution in [1.82, 2.24) is 4.90 Å². The van der Waals surface area contributed by atoms with Crippen LogP contribution in [0.1, 0.15) is 12.5 Å². The third kappa shape index (κ3) is 4.50. The number of hydrogen-bond acceptors (Lipinski definition) is 2. The molecule has 0 spiro atoms. The van der Waals surface area contributed by atoms with Gasteiger partial charge in [0.15, 0.2) is 0 Å². The normalized spacial score (nSPS) is 11.8. The summed E-state index contributed by atoms with van der Waals surface area (Å²) in [5.41, 5.74) is 2.00. The summed E-state index contributed by atoms with van der Waals surface area (Å²) in [5, 5.41) is 3.87. The lowest BCUT2D eigenvalue weighted by Crippen LogP contribution is -2.38. The number of likely N-dealkylation sites (N-methyl/N-ethyl adjacent to an activating group) is 1. The quantitative estimate of drug-likeness (QED) is 0.911. The Labute approximate surface area is 130 Å². The van der Waals surface area contributed by atoms with Crippen LogP contribution in [-0.2, 0) is 11.3 Å². The molecule has 3 nitrogen and oxygen atoms in total. The van der Waals surface area contributed by atoms with Gasteiger partial charge in [-0.2, -0.15) is 0 Å². The van der Waals surface area contributed by atoms with E-state index in [9.17, 15) is 4.79 Å². The number of amides is 1. The van der Waals surface area contributed by atoms with E-state index in [4.69, 9.17) is 11.6 Å². The Morgan fingerprint density at radius 1 is 1.14 bits per heavy atom. The van der Waals surface area contributed by atoms with Gasteiger partial charge in [-0.1, -0.05) is 41.9 Å². The Morgan fingerprint density at radius 3 is 2.38 bits per heavy atom. The third-order valence-corrected chi connectivity index (χ3v) is 3.49. The lowest BCUT2D eigenvalue weighted by molar-refractivity contribution is -0.130. The molecule has 4 heteroatoms. The highest BCUT2D eigenvalue weighted by Gasteiger charge is 2.17. The first-order valence-corrected chi connectivity index (χ1v) is 7.25. The van der Waals surface area contributed by atoms with Crippen molar-refractivity contribution in [2.75, 3.05) is 12.4 Å². The van der Waals surface area contributed by atoms with Crippen LogP contribution in [0.3, 0.4) is 0 Å². The number of halogens is 1. The summed E-state index contributed by atoms with van der Waals surface area (Å²) in [6, 6.07) is 17.0. The summed E-state index contributed by atoms with van der Waals surface area (Å²) in [5.74, 6) is 0.0498. The summed E-state index contributed by atoms with van der Waals surface area (Å²) in [7, 11) is 1.81. The van der Waals surface area contributed by atoms with E-state index in [0.717, 1.165) is 11.3 Å². The second-order valence-electron chi connectivity index (χ2n) is 5.05. The fourth-order valence-corrected chi connectivity index (χ4v) is 2.25. The van der Waals surface area contributed by atoms with Crippen LogP contribution in [0.25, 0.3) is 0 Å². The van der Waals surface area contributed by atoms with Crippen LogP contribution in [0.15, 0.2) is 54.6 Å². The zero-order valence-corrected chi connectivity index (χ0v) is 13.0. The van der Waals surface area contributed by atoms with Crippen LogP contribution in [0, 0.1) is 0 Å². The zero-order chi connectivity index (χ0) is 15.2. The number of nitrogens with one attached hydrogen (secondary N) is 1. The highest BCUT2D eigenvalue weighted by Crippen LogP contribution is 2.15. The second-order valence-corrected chi connectivity index (χ2v) is 5.49. The number of carbonyl (C=O) groups is 1. The first-order valence-electron chi connectivity index (χ1n) is 6.87. The van der Waals surface area contributed by atoms with E-state index in [0.29, 0.717) is 11.6 Å². The van der Waals surface area contributed by atoms with Crippen LogP contribution in [0.4, 0.5) is 5.69 Å². The van der Waals surface area contributed by atoms with Crippen molar-refractivity contribution >= 4 is 23.2 Å². The minimum Gasteiger partial charge on any atom is -0.374 e. The number of nitrogens with zero attached hydrogens (tertiary/aromatic N) is 1. The highest BCUT2D eigenvalue weighted by atomic mass is 35.5. The number of carbonyl (C=O) groups excluding carboxylic acids is 1. The van der Waals surface area contributed by atoms with Crippen LogP contribution in [-0.4, -0.2) is 23.9 Å². The average molecular weight is 303 g/mol. The average Bonchev–Trinajstić information content (AvgIpc) is 2.49. The van der Waals surface area contributed by atoms with Crippen molar-refractivity contribution in [3.05, 3.63) is 65.2 Å². The van der Waals surface area contributed by atoms with Crippen LogP contribution in [0.5, 0.6) is 0 Å². The molecule has 0 saturated carbocycles. The molecule has 0 heterocycles. The molecule has 2 rings (SSSR count). The summed E-state index contributed by atoms with van der Waals surface area (Å²) < 4.78 is 0. The third-order valence-electron chi connectivity index (χ3n) is 3.24. The van der Waals surface area contributed by atoms with Crippen molar-refractivity contribution in [1.29, 1.82) is 0 Å². The lowest BCUT2D eigenvalue weighted by Gasteiger charge is -2.23. The van der Waals surface area contributed by atoms with E-state index in [1.807, 2.05) is 56.4 Å². The van der Waals surface area contributed by atoms with E-state index >= 15 is 0 Å². The van der Waals surface area contributed by atoms with E-state index in [-0.39, 0.29) is 11.9 Å². The molecule has 110 valence electrons. The molecule has 0 radical (unpaired) electrons. The predicted octanol–water partition coefficient (Wildman–Crippen LogP) is 3.80. The molecule has 1 amide bonds. The van der Waals surface area contributed by atoms with Gasteiger partial charge in [0.1, 0.15) is 6.04 Å². The molecule has 0 bridgehead atoms. The molecule has 0 aliphatic rings. The second kappa shape index (κ2) is 7.14. The van der Waals surface area contributed by atoms with Crippen molar-refractivity contribution in [3.63, 3.8) is 0 Å². The topological polar surface area (TPSA) is 32.3 Å². The molecule has 0 aromatic heterocycles. The summed E-state index contributed by atoms with van der Waals surface area (Å²) >= 11 is 5.85. The molecule has 0 fully saturated rings. The lowest BCUT2D eigenvalue weighted by atomic mass is 10.2. The van der Waals surface area contributed by atoms with Crippen molar-refractivity contribution in [3.8, 4) is 0 Å². The molecule has 0 saturated heterocycles. The van der Waals surface area contributed by atoms with E-state index in [2.05, 4.69) is 5.32 Å². The van der Waals surface area contributed by atoms with Crippen LogP contribution < -0.4 is 5.32 Å². The first kappa shape index (κ1) is 15.4. The maximum Gasteiger partial charge on any atom is 0.244 e. The van der Waals surface area contributed by atoms with E-state index < -0.39 is 0 Å². The Bertz CT molecular complexity index is 583. The molecule has 1 unspecified atom stereocenters. The SMILES string of the molecule is CC(Nc1ccc(Cl)cc1)C(=O)N(C)Cc1ccccc1. The van der Waals surface area contributed by atoms with Gasteiger partial charge in [-0.25, -0.2) is 0 Å². The number of hydrogen-bond donors (Lipinski definition) is 1. The van der Waals surface area contributed by atoms with Gasteiger partial charge in [0.05, 0.1) is 0 Å². The maximum absolute atomic E-state index is 12.4. The number of rotatable bonds is 5. The highest BCUT2D eigenvalue weighted by molar-refractivity contribution is 6.30. The Hall–Kier alpha value is -2.00. The van der Waals surface area contributed by atoms with Gasteiger partial charge in [0, 0.05) is 24.3 Å². The molecule has 21 heavy (non-hydrogen) atoms. The zero-order valence-electron chi connectivity index (χ0n) is 12.2. The van der Waals surface area contributed by atoms with Gasteiger partial charge in [-0.05, 0) is 36.8 Å². The Balaban J connectivity index is 1.93. The fraction of sp³-hybridized carbons (Fsp3) is 0.235. The smallest absolute Gasteiger partial charge is 0.244 e. The Morgan fingerprint density at radius 2 is 1.76 bits per heavy atom. The number of anilines is 1. The van der Waals surface area contributed by atoms with Gasteiger partial charge in [0.2, 0.25) is 5.91 Å². The van der Waals surface area contributed by atoms with Crippen molar-refractivity contribution in [2.45, 2.75) is 19.5 Å². The maximum atomic E-state index is 12.4. The van der Waals surface area contributed by atoms with Gasteiger partial charge in [-0.15, -0.1) is 0 Å². The minimum atomic E-state index is -0.292. The predicted molar refractivity (Wildman–Crippen MR) is 87.5 cm³/mol. The van der Waals surface area contributed by atoms with Gasteiger partial charge < -0.3 is 10.2 Å². The van der Waals surface area contributed by atoms with E-state index in [1.54, 1.807) is 17.0 Å². The molecule has 0 aliphatic heterocycles. The molecule has 2 aromatic rings. The summed E-state index contributed by atoms with van der Waals surface area (Å²) in [6.07, 6.45) is 0. The van der Waals surface area contributed by atoms with Gasteiger partial charge in [-0.3, -0.25) is 4.79 Å². The standard InChI is InChI=1S/C17H19ClN2O/c1-13(19-16-10-8-15(18)9-11-16)17(21)20(2)12-14-6-4-3-5-7-14/h3-11,13,19H,12H2,1-2H3. The molecule has 0 aliphatic carbocycles. The monoisotopic (exact) mass is 302 g/mol.